The second-order valence-electron chi connectivity index (χ2n) is 4.86. The lowest BCUT2D eigenvalue weighted by molar-refractivity contribution is -0.137. The van der Waals surface area contributed by atoms with Crippen molar-refractivity contribution < 1.29 is 22.7 Å². The number of alkyl halides is 3. The molecule has 2 rings (SSSR count). The minimum absolute atomic E-state index is 0.0959. The van der Waals surface area contributed by atoms with E-state index in [2.05, 4.69) is 0 Å². The number of amides is 1. The van der Waals surface area contributed by atoms with Crippen molar-refractivity contribution in [3.8, 4) is 11.5 Å². The average molecular weight is 341 g/mol. The number of carbonyl (C=O) groups is 1. The van der Waals surface area contributed by atoms with E-state index in [0.29, 0.717) is 11.5 Å². The number of hydrogen-bond donors (Lipinski definition) is 0. The minimum atomic E-state index is -4.36. The fourth-order valence-corrected chi connectivity index (χ4v) is 2.27. The molecule has 0 radical (unpaired) electrons. The van der Waals surface area contributed by atoms with Gasteiger partial charge in [0, 0.05) is 19.0 Å². The van der Waals surface area contributed by atoms with Crippen LogP contribution in [0.1, 0.15) is 5.56 Å². The van der Waals surface area contributed by atoms with Gasteiger partial charge in [0.1, 0.15) is 11.5 Å². The SMILES string of the molecule is CN(C)C(=O)Sc1ccc(Oc2ccc(C(F)(F)F)cc2)cc1. The Morgan fingerprint density at radius 1 is 0.957 bits per heavy atom. The summed E-state index contributed by atoms with van der Waals surface area (Å²) in [6.07, 6.45) is -4.36. The van der Waals surface area contributed by atoms with Gasteiger partial charge < -0.3 is 9.64 Å². The summed E-state index contributed by atoms with van der Waals surface area (Å²) in [6, 6.07) is 11.2. The molecule has 0 atom stereocenters. The van der Waals surface area contributed by atoms with Gasteiger partial charge in [-0.15, -0.1) is 0 Å². The number of thioether (sulfide) groups is 1. The van der Waals surface area contributed by atoms with E-state index in [9.17, 15) is 18.0 Å². The molecular weight excluding hydrogens is 327 g/mol. The molecule has 122 valence electrons. The maximum absolute atomic E-state index is 12.5. The lowest BCUT2D eigenvalue weighted by Crippen LogP contribution is -2.15. The molecule has 23 heavy (non-hydrogen) atoms. The first-order valence-electron chi connectivity index (χ1n) is 6.60. The Morgan fingerprint density at radius 2 is 1.43 bits per heavy atom. The van der Waals surface area contributed by atoms with Crippen LogP contribution < -0.4 is 4.74 Å². The molecule has 0 unspecified atom stereocenters. The molecule has 0 spiro atoms. The predicted molar refractivity (Wildman–Crippen MR) is 82.9 cm³/mol. The fraction of sp³-hybridized carbons (Fsp3) is 0.188. The Balaban J connectivity index is 2.02. The Labute approximate surface area is 136 Å². The fourth-order valence-electron chi connectivity index (χ4n) is 1.62. The third kappa shape index (κ3) is 4.92. The van der Waals surface area contributed by atoms with Crippen LogP contribution in [-0.4, -0.2) is 24.2 Å². The topological polar surface area (TPSA) is 29.5 Å². The number of hydrogen-bond acceptors (Lipinski definition) is 3. The standard InChI is InChI=1S/C16H14F3NO2S/c1-20(2)15(21)23-14-9-7-13(8-10-14)22-12-5-3-11(4-6-12)16(17,18)19/h3-10H,1-2H3. The van der Waals surface area contributed by atoms with Crippen LogP contribution in [0.5, 0.6) is 11.5 Å². The summed E-state index contributed by atoms with van der Waals surface area (Å²) >= 11 is 1.08. The highest BCUT2D eigenvalue weighted by molar-refractivity contribution is 8.13. The molecular formula is C16H14F3NO2S. The maximum Gasteiger partial charge on any atom is 0.416 e. The Hall–Kier alpha value is -2.15. The molecule has 0 N–H and O–H groups in total. The van der Waals surface area contributed by atoms with Crippen molar-refractivity contribution in [3.63, 3.8) is 0 Å². The number of benzene rings is 2. The van der Waals surface area contributed by atoms with Gasteiger partial charge in [0.05, 0.1) is 5.56 Å². The largest absolute Gasteiger partial charge is 0.457 e. The van der Waals surface area contributed by atoms with E-state index in [1.165, 1.54) is 17.0 Å². The van der Waals surface area contributed by atoms with E-state index in [1.54, 1.807) is 38.4 Å². The van der Waals surface area contributed by atoms with Crippen LogP contribution in [0.4, 0.5) is 18.0 Å². The Bertz CT molecular complexity index is 667. The summed E-state index contributed by atoms with van der Waals surface area (Å²) in [5.41, 5.74) is -0.723. The maximum atomic E-state index is 12.5. The summed E-state index contributed by atoms with van der Waals surface area (Å²) in [4.78, 5) is 13.8. The van der Waals surface area contributed by atoms with Crippen LogP contribution in [0.15, 0.2) is 53.4 Å². The molecule has 0 aliphatic heterocycles. The van der Waals surface area contributed by atoms with Crippen molar-refractivity contribution in [1.82, 2.24) is 4.90 Å². The molecule has 3 nitrogen and oxygen atoms in total. The summed E-state index contributed by atoms with van der Waals surface area (Å²) < 4.78 is 42.9. The van der Waals surface area contributed by atoms with E-state index >= 15 is 0 Å². The first kappa shape index (κ1) is 17.2. The van der Waals surface area contributed by atoms with Crippen molar-refractivity contribution >= 4 is 17.0 Å². The van der Waals surface area contributed by atoms with Crippen LogP contribution in [0.2, 0.25) is 0 Å². The molecule has 0 fully saturated rings. The molecule has 0 aliphatic rings. The second-order valence-corrected chi connectivity index (χ2v) is 5.88. The van der Waals surface area contributed by atoms with Gasteiger partial charge in [-0.25, -0.2) is 0 Å². The smallest absolute Gasteiger partial charge is 0.416 e. The van der Waals surface area contributed by atoms with E-state index in [-0.39, 0.29) is 5.24 Å². The van der Waals surface area contributed by atoms with Crippen LogP contribution >= 0.6 is 11.8 Å². The number of carbonyl (C=O) groups excluding carboxylic acids is 1. The molecule has 2 aromatic carbocycles. The highest BCUT2D eigenvalue weighted by Crippen LogP contribution is 2.32. The Morgan fingerprint density at radius 3 is 1.87 bits per heavy atom. The highest BCUT2D eigenvalue weighted by atomic mass is 32.2. The molecule has 0 saturated heterocycles. The normalized spacial score (nSPS) is 11.2. The first-order valence-corrected chi connectivity index (χ1v) is 7.41. The summed E-state index contributed by atoms with van der Waals surface area (Å²) in [6.45, 7) is 0. The summed E-state index contributed by atoms with van der Waals surface area (Å²) in [5, 5.41) is -0.0959. The van der Waals surface area contributed by atoms with Crippen molar-refractivity contribution in [2.75, 3.05) is 14.1 Å². The van der Waals surface area contributed by atoms with Crippen LogP contribution in [-0.2, 0) is 6.18 Å². The van der Waals surface area contributed by atoms with Gasteiger partial charge in [0.25, 0.3) is 5.24 Å². The van der Waals surface area contributed by atoms with Crippen LogP contribution in [0, 0.1) is 0 Å². The first-order chi connectivity index (χ1) is 10.8. The van der Waals surface area contributed by atoms with E-state index in [0.717, 1.165) is 28.8 Å². The quantitative estimate of drug-likeness (QED) is 0.712. The number of halogens is 3. The third-order valence-electron chi connectivity index (χ3n) is 2.81. The molecule has 2 aromatic rings. The average Bonchev–Trinajstić information content (AvgIpc) is 2.49. The zero-order valence-corrected chi connectivity index (χ0v) is 13.2. The molecule has 0 aromatic heterocycles. The second kappa shape index (κ2) is 6.95. The third-order valence-corrected chi connectivity index (χ3v) is 3.86. The molecule has 1 amide bonds. The molecule has 0 saturated carbocycles. The van der Waals surface area contributed by atoms with Gasteiger partial charge in [-0.2, -0.15) is 13.2 Å². The molecule has 7 heteroatoms. The van der Waals surface area contributed by atoms with Crippen LogP contribution in [0.3, 0.4) is 0 Å². The number of ether oxygens (including phenoxy) is 1. The van der Waals surface area contributed by atoms with Crippen molar-refractivity contribution in [3.05, 3.63) is 54.1 Å². The van der Waals surface area contributed by atoms with Crippen molar-refractivity contribution in [2.45, 2.75) is 11.1 Å². The van der Waals surface area contributed by atoms with Gasteiger partial charge in [0.15, 0.2) is 0 Å². The molecule has 0 heterocycles. The zero-order valence-electron chi connectivity index (χ0n) is 12.4. The Kier molecular flexibility index (Phi) is 5.20. The van der Waals surface area contributed by atoms with Gasteiger partial charge in [-0.05, 0) is 60.3 Å². The number of nitrogens with zero attached hydrogens (tertiary/aromatic N) is 1. The predicted octanol–water partition coefficient (Wildman–Crippen LogP) is 5.27. The van der Waals surface area contributed by atoms with E-state index in [1.807, 2.05) is 0 Å². The van der Waals surface area contributed by atoms with Crippen molar-refractivity contribution in [2.24, 2.45) is 0 Å². The number of rotatable bonds is 3. The van der Waals surface area contributed by atoms with Gasteiger partial charge in [-0.1, -0.05) is 0 Å². The lowest BCUT2D eigenvalue weighted by atomic mass is 10.2. The van der Waals surface area contributed by atoms with Gasteiger partial charge >= 0.3 is 6.18 Å². The monoisotopic (exact) mass is 341 g/mol. The lowest BCUT2D eigenvalue weighted by Gasteiger charge is -2.10. The van der Waals surface area contributed by atoms with E-state index in [4.69, 9.17) is 4.74 Å². The van der Waals surface area contributed by atoms with Crippen molar-refractivity contribution in [1.29, 1.82) is 0 Å². The van der Waals surface area contributed by atoms with Gasteiger partial charge in [0.2, 0.25) is 0 Å². The minimum Gasteiger partial charge on any atom is -0.457 e. The zero-order chi connectivity index (χ0) is 17.0. The van der Waals surface area contributed by atoms with Crippen LogP contribution in [0.25, 0.3) is 0 Å². The molecule has 0 aliphatic carbocycles. The van der Waals surface area contributed by atoms with E-state index < -0.39 is 11.7 Å². The molecule has 0 bridgehead atoms. The highest BCUT2D eigenvalue weighted by Gasteiger charge is 2.30. The summed E-state index contributed by atoms with van der Waals surface area (Å²) in [7, 11) is 3.33. The summed E-state index contributed by atoms with van der Waals surface area (Å²) in [5.74, 6) is 0.786. The van der Waals surface area contributed by atoms with Gasteiger partial charge in [-0.3, -0.25) is 4.79 Å².